The van der Waals surface area contributed by atoms with E-state index in [1.807, 2.05) is 32.0 Å². The zero-order chi connectivity index (χ0) is 13.8. The van der Waals surface area contributed by atoms with Gasteiger partial charge in [-0.15, -0.1) is 0 Å². The van der Waals surface area contributed by atoms with Crippen LogP contribution in [-0.2, 0) is 11.3 Å². The average Bonchev–Trinajstić information content (AvgIpc) is 2.29. The third kappa shape index (κ3) is 3.89. The van der Waals surface area contributed by atoms with Gasteiger partial charge < -0.3 is 15.8 Å². The average molecular weight is 271 g/mol. The van der Waals surface area contributed by atoms with Crippen LogP contribution >= 0.6 is 11.6 Å². The number of hydrogen-bond donors (Lipinski definition) is 2. The number of nitrogens with two attached hydrogens (primary N) is 1. The van der Waals surface area contributed by atoms with Gasteiger partial charge in [-0.2, -0.15) is 0 Å². The minimum absolute atomic E-state index is 0.317. The van der Waals surface area contributed by atoms with Gasteiger partial charge in [0.2, 0.25) is 5.91 Å². The summed E-state index contributed by atoms with van der Waals surface area (Å²) in [5.74, 6) is 0.334. The molecule has 0 aromatic heterocycles. The first-order chi connectivity index (χ1) is 8.36. The highest BCUT2D eigenvalue weighted by molar-refractivity contribution is 6.32. The van der Waals surface area contributed by atoms with E-state index in [-0.39, 0.29) is 5.91 Å². The maximum absolute atomic E-state index is 11.1. The Bertz CT molecular complexity index is 433. The molecule has 0 heterocycles. The number of amides is 1. The summed E-state index contributed by atoms with van der Waals surface area (Å²) in [4.78, 5) is 11.1. The van der Waals surface area contributed by atoms with E-state index in [9.17, 15) is 4.79 Å². The van der Waals surface area contributed by atoms with Crippen molar-refractivity contribution in [1.82, 2.24) is 5.32 Å². The van der Waals surface area contributed by atoms with Crippen LogP contribution in [0.4, 0.5) is 0 Å². The molecule has 4 nitrogen and oxygen atoms in total. The molecule has 100 valence electrons. The second-order valence-electron chi connectivity index (χ2n) is 4.82. The van der Waals surface area contributed by atoms with Gasteiger partial charge in [-0.3, -0.25) is 4.79 Å². The van der Waals surface area contributed by atoms with E-state index in [4.69, 9.17) is 22.1 Å². The lowest BCUT2D eigenvalue weighted by Gasteiger charge is -2.20. The fourth-order valence-corrected chi connectivity index (χ4v) is 1.71. The maximum Gasteiger partial charge on any atom is 0.224 e. The molecular weight excluding hydrogens is 252 g/mol. The summed E-state index contributed by atoms with van der Waals surface area (Å²) >= 11 is 6.02. The van der Waals surface area contributed by atoms with E-state index in [2.05, 4.69) is 5.32 Å². The van der Waals surface area contributed by atoms with Gasteiger partial charge >= 0.3 is 0 Å². The smallest absolute Gasteiger partial charge is 0.224 e. The predicted molar refractivity (Wildman–Crippen MR) is 72.7 cm³/mol. The molecule has 0 bridgehead atoms. The number of primary amides is 1. The van der Waals surface area contributed by atoms with E-state index in [1.54, 1.807) is 7.11 Å². The molecule has 0 spiro atoms. The molecule has 0 aliphatic heterocycles. The molecule has 1 amide bonds. The molecular formula is C13H19ClN2O2. The van der Waals surface area contributed by atoms with Crippen molar-refractivity contribution in [2.45, 2.75) is 20.4 Å². The molecule has 0 atom stereocenters. The predicted octanol–water partition coefficient (Wildman–Crippen LogP) is 1.95. The summed E-state index contributed by atoms with van der Waals surface area (Å²) in [6.07, 6.45) is 0. The summed E-state index contributed by atoms with van der Waals surface area (Å²) in [5.41, 5.74) is 5.76. The largest absolute Gasteiger partial charge is 0.495 e. The van der Waals surface area contributed by atoms with Gasteiger partial charge in [0.1, 0.15) is 5.75 Å². The summed E-state index contributed by atoms with van der Waals surface area (Å²) in [6.45, 7) is 4.76. The minimum atomic E-state index is -0.559. The Morgan fingerprint density at radius 3 is 2.67 bits per heavy atom. The van der Waals surface area contributed by atoms with E-state index in [1.165, 1.54) is 0 Å². The first-order valence-corrected chi connectivity index (χ1v) is 6.07. The molecule has 0 aliphatic carbocycles. The SMILES string of the molecule is COc1ccc(CNCC(C)(C)C(N)=O)cc1Cl. The van der Waals surface area contributed by atoms with Crippen LogP contribution in [0.5, 0.6) is 5.75 Å². The van der Waals surface area contributed by atoms with Crippen LogP contribution in [0.1, 0.15) is 19.4 Å². The molecule has 0 unspecified atom stereocenters. The number of ether oxygens (including phenoxy) is 1. The first-order valence-electron chi connectivity index (χ1n) is 5.70. The van der Waals surface area contributed by atoms with Crippen LogP contribution in [0.25, 0.3) is 0 Å². The van der Waals surface area contributed by atoms with Crippen molar-refractivity contribution in [3.05, 3.63) is 28.8 Å². The Hall–Kier alpha value is -1.26. The highest BCUT2D eigenvalue weighted by Gasteiger charge is 2.23. The quantitative estimate of drug-likeness (QED) is 0.830. The Balaban J connectivity index is 2.55. The molecule has 1 rings (SSSR count). The van der Waals surface area contributed by atoms with Crippen molar-refractivity contribution in [2.24, 2.45) is 11.1 Å². The van der Waals surface area contributed by atoms with Crippen LogP contribution in [0, 0.1) is 5.41 Å². The number of nitrogens with one attached hydrogen (secondary N) is 1. The Labute approximate surface area is 112 Å². The normalized spacial score (nSPS) is 11.3. The Morgan fingerprint density at radius 2 is 2.17 bits per heavy atom. The van der Waals surface area contributed by atoms with Crippen molar-refractivity contribution in [2.75, 3.05) is 13.7 Å². The standard InChI is InChI=1S/C13H19ClN2O2/c1-13(2,12(15)17)8-16-7-9-4-5-11(18-3)10(14)6-9/h4-6,16H,7-8H2,1-3H3,(H2,15,17). The van der Waals surface area contributed by atoms with Gasteiger partial charge in [0.15, 0.2) is 0 Å². The molecule has 0 saturated carbocycles. The van der Waals surface area contributed by atoms with E-state index >= 15 is 0 Å². The molecule has 0 fully saturated rings. The first kappa shape index (κ1) is 14.8. The highest BCUT2D eigenvalue weighted by Crippen LogP contribution is 2.24. The van der Waals surface area contributed by atoms with Gasteiger partial charge in [-0.25, -0.2) is 0 Å². The molecule has 1 aromatic rings. The number of benzene rings is 1. The van der Waals surface area contributed by atoms with E-state index in [0.717, 1.165) is 5.56 Å². The second-order valence-corrected chi connectivity index (χ2v) is 5.23. The zero-order valence-electron chi connectivity index (χ0n) is 10.9. The molecule has 18 heavy (non-hydrogen) atoms. The fourth-order valence-electron chi connectivity index (χ4n) is 1.43. The van der Waals surface area contributed by atoms with Crippen LogP contribution in [-0.4, -0.2) is 19.6 Å². The van der Waals surface area contributed by atoms with Crippen molar-refractivity contribution < 1.29 is 9.53 Å². The van der Waals surface area contributed by atoms with Crippen molar-refractivity contribution in [3.63, 3.8) is 0 Å². The number of halogens is 1. The van der Waals surface area contributed by atoms with Crippen molar-refractivity contribution >= 4 is 17.5 Å². The molecule has 5 heteroatoms. The van der Waals surface area contributed by atoms with Crippen LogP contribution in [0.2, 0.25) is 5.02 Å². The number of carbonyl (C=O) groups is 1. The summed E-state index contributed by atoms with van der Waals surface area (Å²) in [5, 5.41) is 3.76. The molecule has 0 saturated heterocycles. The summed E-state index contributed by atoms with van der Waals surface area (Å²) < 4.78 is 5.08. The van der Waals surface area contributed by atoms with Gasteiger partial charge in [0, 0.05) is 13.1 Å². The van der Waals surface area contributed by atoms with Crippen molar-refractivity contribution in [3.8, 4) is 5.75 Å². The molecule has 0 radical (unpaired) electrons. The van der Waals surface area contributed by atoms with E-state index in [0.29, 0.717) is 23.9 Å². The molecule has 3 N–H and O–H groups in total. The Morgan fingerprint density at radius 1 is 1.50 bits per heavy atom. The van der Waals surface area contributed by atoms with Crippen LogP contribution in [0.3, 0.4) is 0 Å². The highest BCUT2D eigenvalue weighted by atomic mass is 35.5. The van der Waals surface area contributed by atoms with Crippen molar-refractivity contribution in [1.29, 1.82) is 0 Å². The maximum atomic E-state index is 11.1. The lowest BCUT2D eigenvalue weighted by molar-refractivity contribution is -0.125. The van der Waals surface area contributed by atoms with Gasteiger partial charge in [-0.1, -0.05) is 17.7 Å². The molecule has 1 aromatic carbocycles. The number of rotatable bonds is 6. The molecule has 0 aliphatic rings. The second kappa shape index (κ2) is 6.07. The number of methoxy groups -OCH3 is 1. The number of carbonyl (C=O) groups excluding carboxylic acids is 1. The lowest BCUT2D eigenvalue weighted by atomic mass is 9.93. The third-order valence-electron chi connectivity index (χ3n) is 2.78. The monoisotopic (exact) mass is 270 g/mol. The Kier molecular flexibility index (Phi) is 4.99. The minimum Gasteiger partial charge on any atom is -0.495 e. The van der Waals surface area contributed by atoms with Gasteiger partial charge in [0.25, 0.3) is 0 Å². The topological polar surface area (TPSA) is 64.3 Å². The van der Waals surface area contributed by atoms with Gasteiger partial charge in [-0.05, 0) is 31.5 Å². The van der Waals surface area contributed by atoms with Gasteiger partial charge in [0.05, 0.1) is 17.5 Å². The van der Waals surface area contributed by atoms with Crippen LogP contribution in [0.15, 0.2) is 18.2 Å². The lowest BCUT2D eigenvalue weighted by Crippen LogP contribution is -2.40. The third-order valence-corrected chi connectivity index (χ3v) is 3.07. The summed E-state index contributed by atoms with van der Waals surface area (Å²) in [7, 11) is 1.58. The van der Waals surface area contributed by atoms with E-state index < -0.39 is 5.41 Å². The van der Waals surface area contributed by atoms with Crippen LogP contribution < -0.4 is 15.8 Å². The summed E-state index contributed by atoms with van der Waals surface area (Å²) in [6, 6.07) is 5.58. The zero-order valence-corrected chi connectivity index (χ0v) is 11.7. The fraction of sp³-hybridized carbons (Fsp3) is 0.462. The number of hydrogen-bond acceptors (Lipinski definition) is 3.